The van der Waals surface area contributed by atoms with Crippen molar-refractivity contribution in [2.24, 2.45) is 0 Å². The fourth-order valence-corrected chi connectivity index (χ4v) is 2.00. The molecule has 1 aromatic carbocycles. The molecular formula is C12H14FNO3. The molecule has 1 fully saturated rings. The van der Waals surface area contributed by atoms with Crippen LogP contribution in [0.1, 0.15) is 23.2 Å². The van der Waals surface area contributed by atoms with Gasteiger partial charge in [0.05, 0.1) is 11.7 Å². The van der Waals surface area contributed by atoms with E-state index in [1.807, 2.05) is 0 Å². The Balaban J connectivity index is 2.18. The van der Waals surface area contributed by atoms with E-state index >= 15 is 0 Å². The van der Waals surface area contributed by atoms with Crippen LogP contribution >= 0.6 is 0 Å². The maximum atomic E-state index is 12.8. The summed E-state index contributed by atoms with van der Waals surface area (Å²) in [6.45, 7) is 0.808. The second kappa shape index (κ2) is 4.71. The Hall–Kier alpha value is -1.62. The highest BCUT2D eigenvalue weighted by Gasteiger charge is 2.24. The predicted octanol–water partition coefficient (Wildman–Crippen LogP) is 1.13. The number of hydrogen-bond donors (Lipinski definition) is 2. The maximum Gasteiger partial charge on any atom is 0.257 e. The number of aromatic hydroxyl groups is 1. The lowest BCUT2D eigenvalue weighted by Crippen LogP contribution is -2.42. The quantitative estimate of drug-likeness (QED) is 0.772. The number of aliphatic hydroxyl groups excluding tert-OH is 1. The molecule has 0 spiro atoms. The van der Waals surface area contributed by atoms with Crippen molar-refractivity contribution in [3.63, 3.8) is 0 Å². The Kier molecular flexibility index (Phi) is 3.28. The molecule has 1 aromatic rings. The van der Waals surface area contributed by atoms with Crippen molar-refractivity contribution < 1.29 is 19.4 Å². The number of benzene rings is 1. The van der Waals surface area contributed by atoms with Gasteiger partial charge in [-0.2, -0.15) is 0 Å². The number of likely N-dealkylation sites (tertiary alicyclic amines) is 1. The van der Waals surface area contributed by atoms with Crippen LogP contribution in [0, 0.1) is 5.82 Å². The lowest BCUT2D eigenvalue weighted by molar-refractivity contribution is 0.0471. The van der Waals surface area contributed by atoms with E-state index in [0.717, 1.165) is 18.6 Å². The zero-order valence-corrected chi connectivity index (χ0v) is 9.27. The number of nitrogens with zero attached hydrogens (tertiary/aromatic N) is 1. The Labute approximate surface area is 98.3 Å². The van der Waals surface area contributed by atoms with Gasteiger partial charge in [0, 0.05) is 19.2 Å². The SMILES string of the molecule is O=C(c1ccc(F)cc1O)N1CCCC(O)C1. The third-order valence-corrected chi connectivity index (χ3v) is 2.87. The highest BCUT2D eigenvalue weighted by atomic mass is 19.1. The monoisotopic (exact) mass is 239 g/mol. The molecule has 0 radical (unpaired) electrons. The van der Waals surface area contributed by atoms with Crippen LogP contribution in [0.25, 0.3) is 0 Å². The number of piperidine rings is 1. The van der Waals surface area contributed by atoms with Gasteiger partial charge < -0.3 is 15.1 Å². The van der Waals surface area contributed by atoms with Crippen LogP contribution < -0.4 is 0 Å². The molecule has 5 heteroatoms. The summed E-state index contributed by atoms with van der Waals surface area (Å²) >= 11 is 0. The van der Waals surface area contributed by atoms with Crippen molar-refractivity contribution in [2.45, 2.75) is 18.9 Å². The number of amides is 1. The molecule has 1 amide bonds. The lowest BCUT2D eigenvalue weighted by Gasteiger charge is -2.30. The van der Waals surface area contributed by atoms with E-state index in [9.17, 15) is 19.4 Å². The Bertz CT molecular complexity index is 436. The van der Waals surface area contributed by atoms with Crippen LogP contribution in [-0.2, 0) is 0 Å². The van der Waals surface area contributed by atoms with Crippen LogP contribution in [0.2, 0.25) is 0 Å². The number of rotatable bonds is 1. The lowest BCUT2D eigenvalue weighted by atomic mass is 10.1. The number of β-amino-alcohol motifs (C(OH)–C–C–N with tert-alkyl or cyclic N) is 1. The highest BCUT2D eigenvalue weighted by Crippen LogP contribution is 2.21. The van der Waals surface area contributed by atoms with E-state index in [-0.39, 0.29) is 23.8 Å². The molecule has 1 unspecified atom stereocenters. The molecule has 1 aliphatic heterocycles. The Morgan fingerprint density at radius 2 is 2.24 bits per heavy atom. The number of aliphatic hydroxyl groups is 1. The molecular weight excluding hydrogens is 225 g/mol. The van der Waals surface area contributed by atoms with Crippen molar-refractivity contribution >= 4 is 5.91 Å². The Morgan fingerprint density at radius 1 is 1.47 bits per heavy atom. The first-order valence-electron chi connectivity index (χ1n) is 5.54. The molecule has 0 aliphatic carbocycles. The van der Waals surface area contributed by atoms with Crippen LogP contribution in [0.3, 0.4) is 0 Å². The summed E-state index contributed by atoms with van der Waals surface area (Å²) in [5.74, 6) is -1.32. The van der Waals surface area contributed by atoms with E-state index in [0.29, 0.717) is 13.0 Å². The van der Waals surface area contributed by atoms with Gasteiger partial charge in [-0.05, 0) is 25.0 Å². The van der Waals surface area contributed by atoms with Crippen LogP contribution in [0.15, 0.2) is 18.2 Å². The maximum absolute atomic E-state index is 12.8. The van der Waals surface area contributed by atoms with Crippen LogP contribution in [-0.4, -0.2) is 40.2 Å². The predicted molar refractivity (Wildman–Crippen MR) is 59.2 cm³/mol. The fraction of sp³-hybridized carbons (Fsp3) is 0.417. The molecule has 2 N–H and O–H groups in total. The van der Waals surface area contributed by atoms with E-state index < -0.39 is 11.9 Å². The summed E-state index contributed by atoms with van der Waals surface area (Å²) in [7, 11) is 0. The molecule has 0 bridgehead atoms. The summed E-state index contributed by atoms with van der Waals surface area (Å²) in [5, 5.41) is 19.0. The van der Waals surface area contributed by atoms with Crippen molar-refractivity contribution in [3.05, 3.63) is 29.6 Å². The van der Waals surface area contributed by atoms with Gasteiger partial charge in [0.15, 0.2) is 0 Å². The van der Waals surface area contributed by atoms with Gasteiger partial charge >= 0.3 is 0 Å². The minimum Gasteiger partial charge on any atom is -0.507 e. The minimum absolute atomic E-state index is 0.0699. The molecule has 0 aromatic heterocycles. The van der Waals surface area contributed by atoms with E-state index in [1.54, 1.807) is 0 Å². The standard InChI is InChI=1S/C12H14FNO3/c13-8-3-4-10(11(16)6-8)12(17)14-5-1-2-9(15)7-14/h3-4,6,9,15-16H,1-2,5,7H2. The first-order chi connectivity index (χ1) is 8.08. The van der Waals surface area contributed by atoms with Crippen LogP contribution in [0.5, 0.6) is 5.75 Å². The van der Waals surface area contributed by atoms with Gasteiger partial charge in [-0.15, -0.1) is 0 Å². The van der Waals surface area contributed by atoms with Crippen molar-refractivity contribution in [2.75, 3.05) is 13.1 Å². The fourth-order valence-electron chi connectivity index (χ4n) is 2.00. The van der Waals surface area contributed by atoms with Crippen molar-refractivity contribution in [1.29, 1.82) is 0 Å². The number of hydrogen-bond acceptors (Lipinski definition) is 3. The molecule has 1 heterocycles. The van der Waals surface area contributed by atoms with E-state index in [2.05, 4.69) is 0 Å². The molecule has 2 rings (SSSR count). The second-order valence-corrected chi connectivity index (χ2v) is 4.21. The first kappa shape index (κ1) is 11.9. The molecule has 1 aliphatic rings. The average Bonchev–Trinajstić information content (AvgIpc) is 2.28. The normalized spacial score (nSPS) is 20.4. The van der Waals surface area contributed by atoms with E-state index in [1.165, 1.54) is 11.0 Å². The van der Waals surface area contributed by atoms with Gasteiger partial charge in [0.1, 0.15) is 11.6 Å². The van der Waals surface area contributed by atoms with Gasteiger partial charge in [-0.25, -0.2) is 4.39 Å². The van der Waals surface area contributed by atoms with Crippen molar-refractivity contribution in [1.82, 2.24) is 4.90 Å². The van der Waals surface area contributed by atoms with Crippen molar-refractivity contribution in [3.8, 4) is 5.75 Å². The molecule has 4 nitrogen and oxygen atoms in total. The summed E-state index contributed by atoms with van der Waals surface area (Å²) < 4.78 is 12.8. The third-order valence-electron chi connectivity index (χ3n) is 2.87. The van der Waals surface area contributed by atoms with Gasteiger partial charge in [-0.3, -0.25) is 4.79 Å². The molecule has 1 atom stereocenters. The third kappa shape index (κ3) is 2.55. The molecule has 92 valence electrons. The number of carbonyl (C=O) groups is 1. The molecule has 1 saturated heterocycles. The number of carbonyl (C=O) groups excluding carboxylic acids is 1. The smallest absolute Gasteiger partial charge is 0.257 e. The first-order valence-corrected chi connectivity index (χ1v) is 5.54. The largest absolute Gasteiger partial charge is 0.507 e. The number of phenols is 1. The Morgan fingerprint density at radius 3 is 2.88 bits per heavy atom. The summed E-state index contributed by atoms with van der Waals surface area (Å²) in [5.41, 5.74) is 0.0699. The van der Waals surface area contributed by atoms with Gasteiger partial charge in [0.2, 0.25) is 0 Å². The minimum atomic E-state index is -0.585. The highest BCUT2D eigenvalue weighted by molar-refractivity contribution is 5.96. The summed E-state index contributed by atoms with van der Waals surface area (Å²) in [6.07, 6.45) is 0.893. The summed E-state index contributed by atoms with van der Waals surface area (Å²) in [6, 6.07) is 3.30. The second-order valence-electron chi connectivity index (χ2n) is 4.21. The van der Waals surface area contributed by atoms with Gasteiger partial charge in [-0.1, -0.05) is 0 Å². The average molecular weight is 239 g/mol. The topological polar surface area (TPSA) is 60.8 Å². The van der Waals surface area contributed by atoms with Crippen LogP contribution in [0.4, 0.5) is 4.39 Å². The number of halogens is 1. The van der Waals surface area contributed by atoms with E-state index in [4.69, 9.17) is 0 Å². The zero-order chi connectivity index (χ0) is 12.4. The zero-order valence-electron chi connectivity index (χ0n) is 9.27. The van der Waals surface area contributed by atoms with Gasteiger partial charge in [0.25, 0.3) is 5.91 Å². The summed E-state index contributed by atoms with van der Waals surface area (Å²) in [4.78, 5) is 13.5. The molecule has 0 saturated carbocycles. The molecule has 17 heavy (non-hydrogen) atoms. The number of phenolic OH excluding ortho intramolecular Hbond substituents is 1.